The van der Waals surface area contributed by atoms with E-state index in [4.69, 9.17) is 10.2 Å². The van der Waals surface area contributed by atoms with Gasteiger partial charge in [0.25, 0.3) is 0 Å². The average Bonchev–Trinajstić information content (AvgIpc) is 2.13. The van der Waals surface area contributed by atoms with Gasteiger partial charge in [-0.1, -0.05) is 6.08 Å². The summed E-state index contributed by atoms with van der Waals surface area (Å²) in [5.41, 5.74) is 0.389. The van der Waals surface area contributed by atoms with Crippen LogP contribution in [-0.2, 0) is 14.4 Å². The lowest BCUT2D eigenvalue weighted by Crippen LogP contribution is -2.58. The number of hydrogen-bond acceptors (Lipinski definition) is 4. The van der Waals surface area contributed by atoms with Gasteiger partial charge in [0.1, 0.15) is 5.97 Å². The summed E-state index contributed by atoms with van der Waals surface area (Å²) in [6.07, 6.45) is 1.56. The molecule has 0 rings (SSSR count). The largest absolute Gasteiger partial charge is 0.543 e. The Morgan fingerprint density at radius 2 is 1.56 bits per heavy atom. The normalized spacial score (nSPS) is 13.1. The van der Waals surface area contributed by atoms with Crippen LogP contribution in [0.15, 0.2) is 11.6 Å². The fraction of sp³-hybridized carbons (Fsp3) is 0.545. The Morgan fingerprint density at radius 3 is 1.56 bits per heavy atom. The Morgan fingerprint density at radius 1 is 1.17 bits per heavy atom. The number of quaternary nitrogens is 1. The summed E-state index contributed by atoms with van der Waals surface area (Å²) in [5.74, 6) is -3.79. The number of likely N-dealkylation sites (N-methyl/N-ethyl adjacent to an activating group) is 1. The fourth-order valence-corrected chi connectivity index (χ4v) is 0.872. The SMILES string of the molecule is CC=C(C)C(=O)O.C[N+](C)(C)C(C(=O)[O-])C(=O)O. The first-order chi connectivity index (χ1) is 7.95. The highest BCUT2D eigenvalue weighted by Gasteiger charge is 2.32. The highest BCUT2D eigenvalue weighted by atomic mass is 16.4. The molecule has 0 aromatic rings. The summed E-state index contributed by atoms with van der Waals surface area (Å²) in [5, 5.41) is 26.8. The van der Waals surface area contributed by atoms with Crippen molar-refractivity contribution < 1.29 is 34.2 Å². The van der Waals surface area contributed by atoms with Gasteiger partial charge >= 0.3 is 11.9 Å². The second-order valence-corrected chi connectivity index (χ2v) is 4.45. The number of nitrogens with zero attached hydrogens (tertiary/aromatic N) is 1. The van der Waals surface area contributed by atoms with Crippen LogP contribution in [0.1, 0.15) is 13.8 Å². The average molecular weight is 261 g/mol. The van der Waals surface area contributed by atoms with Crippen LogP contribution in [0.3, 0.4) is 0 Å². The summed E-state index contributed by atoms with van der Waals surface area (Å²) in [6.45, 7) is 3.26. The molecule has 0 bridgehead atoms. The smallest absolute Gasteiger partial charge is 0.368 e. The van der Waals surface area contributed by atoms with Crippen molar-refractivity contribution in [1.82, 2.24) is 0 Å². The van der Waals surface area contributed by atoms with Crippen molar-refractivity contribution in [3.8, 4) is 0 Å². The third kappa shape index (κ3) is 7.39. The van der Waals surface area contributed by atoms with Crippen LogP contribution in [0.2, 0.25) is 0 Å². The fourth-order valence-electron chi connectivity index (χ4n) is 0.872. The monoisotopic (exact) mass is 261 g/mol. The lowest BCUT2D eigenvalue weighted by atomic mass is 10.2. The molecule has 104 valence electrons. The molecule has 18 heavy (non-hydrogen) atoms. The molecule has 0 spiro atoms. The molecule has 0 radical (unpaired) electrons. The van der Waals surface area contributed by atoms with E-state index in [0.717, 1.165) is 0 Å². The summed E-state index contributed by atoms with van der Waals surface area (Å²) in [6, 6.07) is -1.50. The molecular weight excluding hydrogens is 242 g/mol. The lowest BCUT2D eigenvalue weighted by Gasteiger charge is -2.31. The molecule has 1 atom stereocenters. The first kappa shape index (κ1) is 18.5. The molecule has 0 aliphatic heterocycles. The number of rotatable bonds is 4. The van der Waals surface area contributed by atoms with E-state index in [2.05, 4.69) is 0 Å². The molecule has 0 fully saturated rings. The molecule has 0 saturated heterocycles. The molecule has 0 saturated carbocycles. The third-order valence-corrected chi connectivity index (χ3v) is 2.00. The molecule has 0 amide bonds. The number of aliphatic carboxylic acids is 3. The van der Waals surface area contributed by atoms with Gasteiger partial charge in [-0.25, -0.2) is 9.59 Å². The maximum Gasteiger partial charge on any atom is 0.368 e. The molecule has 0 aromatic carbocycles. The Balaban J connectivity index is 0. The first-order valence-electron chi connectivity index (χ1n) is 5.06. The van der Waals surface area contributed by atoms with E-state index in [1.807, 2.05) is 0 Å². The van der Waals surface area contributed by atoms with Gasteiger partial charge in [-0.2, -0.15) is 0 Å². The van der Waals surface area contributed by atoms with Gasteiger partial charge in [0.2, 0.25) is 6.04 Å². The van der Waals surface area contributed by atoms with E-state index in [-0.39, 0.29) is 4.48 Å². The summed E-state index contributed by atoms with van der Waals surface area (Å²) >= 11 is 0. The van der Waals surface area contributed by atoms with Crippen LogP contribution in [-0.4, -0.2) is 59.8 Å². The Hall–Kier alpha value is -1.89. The Bertz CT molecular complexity index is 339. The molecule has 0 aliphatic carbocycles. The zero-order valence-electron chi connectivity index (χ0n) is 11.1. The molecule has 7 heteroatoms. The van der Waals surface area contributed by atoms with Crippen molar-refractivity contribution >= 4 is 17.9 Å². The van der Waals surface area contributed by atoms with Gasteiger partial charge in [0.05, 0.1) is 21.1 Å². The molecule has 7 nitrogen and oxygen atoms in total. The minimum atomic E-state index is -1.56. The van der Waals surface area contributed by atoms with Crippen LogP contribution < -0.4 is 5.11 Å². The van der Waals surface area contributed by atoms with Crippen molar-refractivity contribution in [2.75, 3.05) is 21.1 Å². The van der Waals surface area contributed by atoms with Crippen LogP contribution in [0, 0.1) is 0 Å². The van der Waals surface area contributed by atoms with Crippen molar-refractivity contribution in [2.24, 2.45) is 0 Å². The molecular formula is C11H19NO6. The second kappa shape index (κ2) is 7.44. The minimum Gasteiger partial charge on any atom is -0.543 e. The van der Waals surface area contributed by atoms with E-state index in [9.17, 15) is 19.5 Å². The highest BCUT2D eigenvalue weighted by Crippen LogP contribution is 2.01. The number of carbonyl (C=O) groups is 3. The van der Waals surface area contributed by atoms with Crippen molar-refractivity contribution in [2.45, 2.75) is 19.9 Å². The van der Waals surface area contributed by atoms with E-state index in [0.29, 0.717) is 5.57 Å². The summed E-state index contributed by atoms with van der Waals surface area (Å²) in [4.78, 5) is 30.5. The van der Waals surface area contributed by atoms with Gasteiger partial charge in [-0.05, 0) is 13.8 Å². The quantitative estimate of drug-likeness (QED) is 0.378. The van der Waals surface area contributed by atoms with Crippen LogP contribution in [0.25, 0.3) is 0 Å². The topological polar surface area (TPSA) is 115 Å². The van der Waals surface area contributed by atoms with Gasteiger partial charge < -0.3 is 24.6 Å². The zero-order chi connectivity index (χ0) is 15.1. The number of carbonyl (C=O) groups excluding carboxylic acids is 1. The van der Waals surface area contributed by atoms with Crippen molar-refractivity contribution in [3.63, 3.8) is 0 Å². The molecule has 0 aliphatic rings. The zero-order valence-corrected chi connectivity index (χ0v) is 11.1. The maximum absolute atomic E-state index is 10.4. The van der Waals surface area contributed by atoms with Crippen LogP contribution in [0.5, 0.6) is 0 Å². The highest BCUT2D eigenvalue weighted by molar-refractivity contribution is 5.94. The standard InChI is InChI=1S/C6H11NO4.C5H8O2/c1-7(2,3)4(5(8)9)6(10)11;1-3-4(2)5(6)7/h4H,1-3H3,(H-,8,9,10,11);3H,1-2H3,(H,6,7). The Labute approximate surface area is 106 Å². The van der Waals surface area contributed by atoms with Gasteiger partial charge in [0, 0.05) is 5.57 Å². The van der Waals surface area contributed by atoms with Crippen molar-refractivity contribution in [1.29, 1.82) is 0 Å². The van der Waals surface area contributed by atoms with E-state index in [1.165, 1.54) is 21.1 Å². The predicted molar refractivity (Wildman–Crippen MR) is 61.5 cm³/mol. The molecule has 1 unspecified atom stereocenters. The van der Waals surface area contributed by atoms with E-state index < -0.39 is 23.9 Å². The number of carboxylic acid groups (broad SMARTS) is 3. The Kier molecular flexibility index (Phi) is 7.63. The van der Waals surface area contributed by atoms with Crippen molar-refractivity contribution in [3.05, 3.63) is 11.6 Å². The number of carboxylic acids is 3. The molecule has 0 heterocycles. The van der Waals surface area contributed by atoms with Crippen LogP contribution in [0.4, 0.5) is 0 Å². The predicted octanol–water partition coefficient (Wildman–Crippen LogP) is -1.07. The minimum absolute atomic E-state index is 0.183. The van der Waals surface area contributed by atoms with Gasteiger partial charge in [0.15, 0.2) is 0 Å². The summed E-state index contributed by atoms with van der Waals surface area (Å²) in [7, 11) is 4.44. The number of allylic oxidation sites excluding steroid dienone is 1. The lowest BCUT2D eigenvalue weighted by molar-refractivity contribution is -0.880. The summed E-state index contributed by atoms with van der Waals surface area (Å²) < 4.78 is -0.183. The van der Waals surface area contributed by atoms with E-state index in [1.54, 1.807) is 19.9 Å². The number of hydrogen-bond donors (Lipinski definition) is 2. The maximum atomic E-state index is 10.4. The molecule has 2 N–H and O–H groups in total. The molecule has 0 aromatic heterocycles. The first-order valence-corrected chi connectivity index (χ1v) is 5.06. The van der Waals surface area contributed by atoms with E-state index >= 15 is 0 Å². The van der Waals surface area contributed by atoms with Gasteiger partial charge in [-0.15, -0.1) is 0 Å². The third-order valence-electron chi connectivity index (χ3n) is 2.00. The van der Waals surface area contributed by atoms with Crippen LogP contribution >= 0.6 is 0 Å². The second-order valence-electron chi connectivity index (χ2n) is 4.45. The van der Waals surface area contributed by atoms with Gasteiger partial charge in [-0.3, -0.25) is 0 Å².